The maximum Gasteiger partial charge on any atom is 0.0709 e. The number of H-pyrrole nitrogens is 1. The van der Waals surface area contributed by atoms with Gasteiger partial charge in [-0.25, -0.2) is 0 Å². The number of aromatic nitrogens is 2. The molecule has 0 aliphatic heterocycles. The van der Waals surface area contributed by atoms with Crippen LogP contribution in [0.2, 0.25) is 0 Å². The van der Waals surface area contributed by atoms with Crippen LogP contribution in [0.3, 0.4) is 0 Å². The van der Waals surface area contributed by atoms with Gasteiger partial charge in [-0.3, -0.25) is 4.98 Å². The average molecular weight is 244 g/mol. The van der Waals surface area contributed by atoms with E-state index in [9.17, 15) is 0 Å². The highest BCUT2D eigenvalue weighted by molar-refractivity contribution is 6.07. The molecule has 1 N–H and O–H groups in total. The molecule has 0 unspecified atom stereocenters. The molecule has 0 aliphatic rings. The van der Waals surface area contributed by atoms with E-state index in [2.05, 4.69) is 46.4 Å². The van der Waals surface area contributed by atoms with E-state index in [1.165, 1.54) is 10.8 Å². The van der Waals surface area contributed by atoms with Crippen molar-refractivity contribution in [2.75, 3.05) is 0 Å². The fourth-order valence-corrected chi connectivity index (χ4v) is 2.52. The van der Waals surface area contributed by atoms with Crippen molar-refractivity contribution in [2.45, 2.75) is 0 Å². The van der Waals surface area contributed by atoms with E-state index < -0.39 is 0 Å². The zero-order valence-corrected chi connectivity index (χ0v) is 10.3. The van der Waals surface area contributed by atoms with Gasteiger partial charge in [0.1, 0.15) is 0 Å². The first-order chi connectivity index (χ1) is 9.42. The van der Waals surface area contributed by atoms with Gasteiger partial charge in [-0.1, -0.05) is 48.5 Å². The third kappa shape index (κ3) is 1.61. The van der Waals surface area contributed by atoms with Crippen LogP contribution in [0.1, 0.15) is 0 Å². The molecule has 0 spiro atoms. The molecule has 0 fully saturated rings. The molecular formula is C17H12N2. The molecule has 90 valence electrons. The lowest BCUT2D eigenvalue weighted by Gasteiger charge is -2.00. The summed E-state index contributed by atoms with van der Waals surface area (Å²) in [4.78, 5) is 7.94. The number of nitrogens with zero attached hydrogens (tertiary/aromatic N) is 1. The molecule has 0 radical (unpaired) electrons. The van der Waals surface area contributed by atoms with Crippen LogP contribution in [-0.2, 0) is 0 Å². The maximum atomic E-state index is 4.54. The van der Waals surface area contributed by atoms with Gasteiger partial charge in [0.15, 0.2) is 0 Å². The summed E-state index contributed by atoms with van der Waals surface area (Å²) in [6.45, 7) is 0. The third-order valence-corrected chi connectivity index (χ3v) is 3.46. The minimum Gasteiger partial charge on any atom is -0.353 e. The largest absolute Gasteiger partial charge is 0.353 e. The highest BCUT2D eigenvalue weighted by atomic mass is 14.8. The standard InChI is InChI=1S/C17H12N2/c1-2-6-12(7-3-1)16-10-14-13-8-4-5-9-15(13)19-17(14)11-18-16/h1-11,19H. The molecule has 0 saturated heterocycles. The van der Waals surface area contributed by atoms with Gasteiger partial charge >= 0.3 is 0 Å². The summed E-state index contributed by atoms with van der Waals surface area (Å²) in [5.41, 5.74) is 4.40. The minimum atomic E-state index is 1.01. The quantitative estimate of drug-likeness (QED) is 0.528. The van der Waals surface area contributed by atoms with Crippen molar-refractivity contribution in [2.24, 2.45) is 0 Å². The first-order valence-corrected chi connectivity index (χ1v) is 6.34. The van der Waals surface area contributed by atoms with E-state index in [0.717, 1.165) is 22.3 Å². The van der Waals surface area contributed by atoms with Gasteiger partial charge in [0.25, 0.3) is 0 Å². The van der Waals surface area contributed by atoms with Gasteiger partial charge in [-0.2, -0.15) is 0 Å². The lowest BCUT2D eigenvalue weighted by Crippen LogP contribution is -1.82. The van der Waals surface area contributed by atoms with Crippen LogP contribution in [0, 0.1) is 0 Å². The first-order valence-electron chi connectivity index (χ1n) is 6.34. The number of hydrogen-bond donors (Lipinski definition) is 1. The summed E-state index contributed by atoms with van der Waals surface area (Å²) in [7, 11) is 0. The topological polar surface area (TPSA) is 28.7 Å². The number of rotatable bonds is 1. The van der Waals surface area contributed by atoms with Crippen molar-refractivity contribution in [3.63, 3.8) is 0 Å². The van der Waals surface area contributed by atoms with Crippen molar-refractivity contribution < 1.29 is 0 Å². The second-order valence-corrected chi connectivity index (χ2v) is 4.65. The van der Waals surface area contributed by atoms with Crippen LogP contribution in [0.5, 0.6) is 0 Å². The first kappa shape index (κ1) is 10.3. The van der Waals surface area contributed by atoms with Gasteiger partial charge in [0, 0.05) is 21.9 Å². The summed E-state index contributed by atoms with van der Waals surface area (Å²) in [6, 6.07) is 20.8. The Morgan fingerprint density at radius 2 is 1.53 bits per heavy atom. The molecule has 2 aromatic carbocycles. The van der Waals surface area contributed by atoms with Crippen LogP contribution >= 0.6 is 0 Å². The van der Waals surface area contributed by atoms with E-state index in [1.807, 2.05) is 30.5 Å². The second kappa shape index (κ2) is 3.95. The van der Waals surface area contributed by atoms with Crippen LogP contribution in [0.4, 0.5) is 0 Å². The van der Waals surface area contributed by atoms with Crippen molar-refractivity contribution in [1.82, 2.24) is 9.97 Å². The molecule has 2 heteroatoms. The van der Waals surface area contributed by atoms with E-state index in [1.54, 1.807) is 0 Å². The number of hydrogen-bond acceptors (Lipinski definition) is 1. The molecule has 0 amide bonds. The highest BCUT2D eigenvalue weighted by Crippen LogP contribution is 2.28. The van der Waals surface area contributed by atoms with E-state index in [4.69, 9.17) is 0 Å². The van der Waals surface area contributed by atoms with Gasteiger partial charge in [-0.15, -0.1) is 0 Å². The summed E-state index contributed by atoms with van der Waals surface area (Å²) >= 11 is 0. The molecular weight excluding hydrogens is 232 g/mol. The van der Waals surface area contributed by atoms with E-state index in [0.29, 0.717) is 0 Å². The Kier molecular flexibility index (Phi) is 2.15. The maximum absolute atomic E-state index is 4.54. The number of para-hydroxylation sites is 1. The van der Waals surface area contributed by atoms with Crippen molar-refractivity contribution in [3.8, 4) is 11.3 Å². The summed E-state index contributed by atoms with van der Waals surface area (Å²) in [5.74, 6) is 0. The Bertz CT molecular complexity index is 860. The van der Waals surface area contributed by atoms with E-state index >= 15 is 0 Å². The molecule has 2 nitrogen and oxygen atoms in total. The number of nitrogens with one attached hydrogen (secondary N) is 1. The lowest BCUT2D eigenvalue weighted by molar-refractivity contribution is 1.34. The Morgan fingerprint density at radius 1 is 0.737 bits per heavy atom. The lowest BCUT2D eigenvalue weighted by atomic mass is 10.1. The van der Waals surface area contributed by atoms with Crippen LogP contribution < -0.4 is 0 Å². The average Bonchev–Trinajstić information content (AvgIpc) is 2.86. The minimum absolute atomic E-state index is 1.01. The Labute approximate surface area is 110 Å². The molecule has 2 heterocycles. The molecule has 0 saturated carbocycles. The summed E-state index contributed by atoms with van der Waals surface area (Å²) < 4.78 is 0. The molecule has 4 aromatic rings. The smallest absolute Gasteiger partial charge is 0.0709 e. The number of fused-ring (bicyclic) bond motifs is 3. The van der Waals surface area contributed by atoms with Gasteiger partial charge in [0.05, 0.1) is 17.4 Å². The predicted molar refractivity (Wildman–Crippen MR) is 79.0 cm³/mol. The molecule has 0 aliphatic carbocycles. The number of benzene rings is 2. The summed E-state index contributed by atoms with van der Waals surface area (Å²) in [6.07, 6.45) is 1.91. The van der Waals surface area contributed by atoms with Crippen molar-refractivity contribution in [3.05, 3.63) is 66.9 Å². The second-order valence-electron chi connectivity index (χ2n) is 4.65. The molecule has 0 bridgehead atoms. The van der Waals surface area contributed by atoms with Crippen LogP contribution in [0.15, 0.2) is 66.9 Å². The fraction of sp³-hybridized carbons (Fsp3) is 0. The number of pyridine rings is 1. The monoisotopic (exact) mass is 244 g/mol. The van der Waals surface area contributed by atoms with Gasteiger partial charge < -0.3 is 4.98 Å². The number of aromatic amines is 1. The van der Waals surface area contributed by atoms with Gasteiger partial charge in [-0.05, 0) is 12.1 Å². The van der Waals surface area contributed by atoms with Crippen molar-refractivity contribution in [1.29, 1.82) is 0 Å². The highest BCUT2D eigenvalue weighted by Gasteiger charge is 2.06. The van der Waals surface area contributed by atoms with E-state index in [-0.39, 0.29) is 0 Å². The zero-order chi connectivity index (χ0) is 12.7. The van der Waals surface area contributed by atoms with Gasteiger partial charge in [0.2, 0.25) is 0 Å². The van der Waals surface area contributed by atoms with Crippen LogP contribution in [-0.4, -0.2) is 9.97 Å². The Balaban J connectivity index is 2.03. The van der Waals surface area contributed by atoms with Crippen molar-refractivity contribution >= 4 is 21.8 Å². The molecule has 0 atom stereocenters. The Hall–Kier alpha value is -2.61. The normalized spacial score (nSPS) is 11.2. The molecule has 19 heavy (non-hydrogen) atoms. The predicted octanol–water partition coefficient (Wildman–Crippen LogP) is 4.38. The van der Waals surface area contributed by atoms with Crippen LogP contribution in [0.25, 0.3) is 33.1 Å². The molecule has 2 aromatic heterocycles. The summed E-state index contributed by atoms with van der Waals surface area (Å²) in [5, 5.41) is 2.47. The third-order valence-electron chi connectivity index (χ3n) is 3.46. The Morgan fingerprint density at radius 3 is 2.42 bits per heavy atom. The molecule has 4 rings (SSSR count). The fourth-order valence-electron chi connectivity index (χ4n) is 2.52. The zero-order valence-electron chi connectivity index (χ0n) is 10.3. The SMILES string of the molecule is c1ccc(-c2cc3c(cn2)[nH]c2ccccc23)cc1.